The van der Waals surface area contributed by atoms with Crippen LogP contribution in [0.5, 0.6) is 0 Å². The molecule has 0 spiro atoms. The lowest BCUT2D eigenvalue weighted by Gasteiger charge is -2.36. The van der Waals surface area contributed by atoms with E-state index >= 15 is 0 Å². The molecule has 1 aliphatic heterocycles. The normalized spacial score (nSPS) is 17.2. The van der Waals surface area contributed by atoms with E-state index in [-0.39, 0.29) is 18.7 Å². The van der Waals surface area contributed by atoms with Crippen LogP contribution in [-0.4, -0.2) is 29.4 Å². The zero-order chi connectivity index (χ0) is 20.7. The number of nitrogens with zero attached hydrogens (tertiary/aromatic N) is 1. The molecule has 29 heavy (non-hydrogen) atoms. The molecule has 2 aromatic heterocycles. The SMILES string of the molecule is Cc1coc2cc3oc(=O)c(CCC(=O)N4CCCC[C@@H]4C(=O)[O-])c(C)c3cc12. The zero-order valence-corrected chi connectivity index (χ0v) is 16.4. The van der Waals surface area contributed by atoms with Gasteiger partial charge in [0.25, 0.3) is 0 Å². The first kappa shape index (κ1) is 19.2. The first-order chi connectivity index (χ1) is 13.9. The lowest BCUT2D eigenvalue weighted by molar-refractivity contribution is -0.312. The lowest BCUT2D eigenvalue weighted by atomic mass is 9.98. The molecule has 1 aromatic carbocycles. The molecule has 1 amide bonds. The number of carboxylic acids is 1. The average molecular weight is 396 g/mol. The van der Waals surface area contributed by atoms with Gasteiger partial charge in [0, 0.05) is 35.4 Å². The molecule has 1 fully saturated rings. The van der Waals surface area contributed by atoms with Gasteiger partial charge in [-0.05, 0) is 56.7 Å². The highest BCUT2D eigenvalue weighted by molar-refractivity contribution is 5.96. The molecule has 0 bridgehead atoms. The molecule has 3 aromatic rings. The van der Waals surface area contributed by atoms with Crippen molar-refractivity contribution in [1.29, 1.82) is 0 Å². The smallest absolute Gasteiger partial charge is 0.339 e. The third-order valence-corrected chi connectivity index (χ3v) is 5.86. The van der Waals surface area contributed by atoms with Gasteiger partial charge in [-0.15, -0.1) is 0 Å². The highest BCUT2D eigenvalue weighted by atomic mass is 16.4. The molecule has 1 saturated heterocycles. The van der Waals surface area contributed by atoms with E-state index in [4.69, 9.17) is 8.83 Å². The summed E-state index contributed by atoms with van der Waals surface area (Å²) in [5.74, 6) is -1.50. The van der Waals surface area contributed by atoms with Crippen LogP contribution in [0.15, 0.2) is 32.0 Å². The summed E-state index contributed by atoms with van der Waals surface area (Å²) in [7, 11) is 0. The summed E-state index contributed by atoms with van der Waals surface area (Å²) in [6, 6.07) is 2.76. The number of piperidine rings is 1. The van der Waals surface area contributed by atoms with Gasteiger partial charge in [-0.25, -0.2) is 4.79 Å². The molecule has 0 N–H and O–H groups in total. The highest BCUT2D eigenvalue weighted by Crippen LogP contribution is 2.29. The van der Waals surface area contributed by atoms with Gasteiger partial charge in [-0.2, -0.15) is 0 Å². The van der Waals surface area contributed by atoms with Crippen LogP contribution in [0.4, 0.5) is 0 Å². The van der Waals surface area contributed by atoms with Crippen LogP contribution in [-0.2, 0) is 16.0 Å². The van der Waals surface area contributed by atoms with Crippen LogP contribution in [0.1, 0.15) is 42.4 Å². The van der Waals surface area contributed by atoms with E-state index < -0.39 is 17.6 Å². The number of aryl methyl sites for hydroxylation is 2. The fourth-order valence-electron chi connectivity index (χ4n) is 4.18. The Hall–Kier alpha value is -3.09. The van der Waals surface area contributed by atoms with Gasteiger partial charge in [0.05, 0.1) is 18.3 Å². The molecule has 1 aliphatic rings. The van der Waals surface area contributed by atoms with E-state index in [9.17, 15) is 19.5 Å². The maximum Gasteiger partial charge on any atom is 0.339 e. The molecule has 0 radical (unpaired) electrons. The Morgan fingerprint density at radius 3 is 2.72 bits per heavy atom. The first-order valence-corrected chi connectivity index (χ1v) is 9.81. The van der Waals surface area contributed by atoms with E-state index in [0.717, 1.165) is 34.7 Å². The van der Waals surface area contributed by atoms with Crippen LogP contribution in [0.25, 0.3) is 21.9 Å². The minimum atomic E-state index is -1.22. The van der Waals surface area contributed by atoms with Crippen molar-refractivity contribution in [1.82, 2.24) is 4.90 Å². The quantitative estimate of drug-likeness (QED) is 0.627. The molecule has 0 aliphatic carbocycles. The number of fused-ring (bicyclic) bond motifs is 2. The monoisotopic (exact) mass is 396 g/mol. The number of likely N-dealkylation sites (tertiary alicyclic amines) is 1. The Bertz CT molecular complexity index is 1170. The maximum absolute atomic E-state index is 12.6. The fraction of sp³-hybridized carbons (Fsp3) is 0.409. The summed E-state index contributed by atoms with van der Waals surface area (Å²) in [5.41, 5.74) is 2.80. The Kier molecular flexibility index (Phi) is 4.90. The fourth-order valence-corrected chi connectivity index (χ4v) is 4.18. The third-order valence-electron chi connectivity index (χ3n) is 5.86. The summed E-state index contributed by atoms with van der Waals surface area (Å²) in [5, 5.41) is 13.1. The minimum absolute atomic E-state index is 0.0495. The van der Waals surface area contributed by atoms with Crippen molar-refractivity contribution < 1.29 is 23.5 Å². The summed E-state index contributed by atoms with van der Waals surface area (Å²) in [4.78, 5) is 37.9. The number of carbonyl (C=O) groups is 2. The number of carbonyl (C=O) groups excluding carboxylic acids is 2. The summed E-state index contributed by atoms with van der Waals surface area (Å²) in [6.45, 7) is 4.18. The molecule has 152 valence electrons. The van der Waals surface area contributed by atoms with Crippen molar-refractivity contribution in [3.8, 4) is 0 Å². The van der Waals surface area contributed by atoms with Crippen LogP contribution in [0, 0.1) is 13.8 Å². The first-order valence-electron chi connectivity index (χ1n) is 9.81. The number of carboxylic acid groups (broad SMARTS) is 1. The molecule has 7 nitrogen and oxygen atoms in total. The summed E-state index contributed by atoms with van der Waals surface area (Å²) >= 11 is 0. The van der Waals surface area contributed by atoms with E-state index in [2.05, 4.69) is 0 Å². The number of furan rings is 1. The van der Waals surface area contributed by atoms with Crippen molar-refractivity contribution in [2.75, 3.05) is 6.54 Å². The standard InChI is InChI=1S/C22H23NO6/c1-12-11-28-18-10-19-16(9-15(12)18)13(2)14(22(27)29-19)6-7-20(24)23-8-4-3-5-17(23)21(25)26/h9-11,17H,3-8H2,1-2H3,(H,25,26)/p-1/t17-/m1/s1. The van der Waals surface area contributed by atoms with E-state index in [0.29, 0.717) is 29.7 Å². The second-order valence-corrected chi connectivity index (χ2v) is 7.67. The van der Waals surface area contributed by atoms with Crippen LogP contribution < -0.4 is 10.7 Å². The third kappa shape index (κ3) is 3.41. The van der Waals surface area contributed by atoms with Gasteiger partial charge in [-0.3, -0.25) is 4.79 Å². The molecule has 4 rings (SSSR count). The number of hydrogen-bond acceptors (Lipinski definition) is 6. The van der Waals surface area contributed by atoms with Crippen molar-refractivity contribution in [3.63, 3.8) is 0 Å². The van der Waals surface area contributed by atoms with Gasteiger partial charge in [0.15, 0.2) is 0 Å². The molecular formula is C22H22NO6-. The Labute approximate surface area is 166 Å². The van der Waals surface area contributed by atoms with Gasteiger partial charge in [0.1, 0.15) is 11.2 Å². The predicted octanol–water partition coefficient (Wildman–Crippen LogP) is 2.22. The number of hydrogen-bond donors (Lipinski definition) is 0. The number of benzene rings is 1. The number of amides is 1. The van der Waals surface area contributed by atoms with Crippen molar-refractivity contribution in [2.45, 2.75) is 52.0 Å². The molecule has 0 unspecified atom stereocenters. The highest BCUT2D eigenvalue weighted by Gasteiger charge is 2.27. The zero-order valence-electron chi connectivity index (χ0n) is 16.4. The molecule has 0 saturated carbocycles. The van der Waals surface area contributed by atoms with Crippen molar-refractivity contribution in [2.24, 2.45) is 0 Å². The van der Waals surface area contributed by atoms with Gasteiger partial charge >= 0.3 is 5.63 Å². The Balaban J connectivity index is 1.63. The second-order valence-electron chi connectivity index (χ2n) is 7.67. The van der Waals surface area contributed by atoms with Crippen molar-refractivity contribution >= 4 is 33.8 Å². The van der Waals surface area contributed by atoms with Gasteiger partial charge < -0.3 is 23.6 Å². The molecule has 1 atom stereocenters. The Morgan fingerprint density at radius 2 is 1.97 bits per heavy atom. The molecule has 3 heterocycles. The van der Waals surface area contributed by atoms with E-state index in [1.165, 1.54) is 4.90 Å². The van der Waals surface area contributed by atoms with Crippen molar-refractivity contribution in [3.05, 3.63) is 45.5 Å². The van der Waals surface area contributed by atoms with E-state index in [1.807, 2.05) is 19.9 Å². The minimum Gasteiger partial charge on any atom is -0.548 e. The van der Waals surface area contributed by atoms with Crippen LogP contribution in [0.2, 0.25) is 0 Å². The molecular weight excluding hydrogens is 374 g/mol. The van der Waals surface area contributed by atoms with Gasteiger partial charge in [0.2, 0.25) is 5.91 Å². The molecule has 7 heteroatoms. The van der Waals surface area contributed by atoms with E-state index in [1.54, 1.807) is 12.3 Å². The van der Waals surface area contributed by atoms with Gasteiger partial charge in [-0.1, -0.05) is 0 Å². The Morgan fingerprint density at radius 1 is 1.17 bits per heavy atom. The summed E-state index contributed by atoms with van der Waals surface area (Å²) < 4.78 is 11.0. The average Bonchev–Trinajstić information content (AvgIpc) is 3.06. The lowest BCUT2D eigenvalue weighted by Crippen LogP contribution is -2.52. The maximum atomic E-state index is 12.6. The predicted molar refractivity (Wildman–Crippen MR) is 104 cm³/mol. The van der Waals surface area contributed by atoms with Crippen LogP contribution in [0.3, 0.4) is 0 Å². The summed E-state index contributed by atoms with van der Waals surface area (Å²) in [6.07, 6.45) is 3.84. The largest absolute Gasteiger partial charge is 0.548 e. The second kappa shape index (κ2) is 7.39. The van der Waals surface area contributed by atoms with Crippen LogP contribution >= 0.6 is 0 Å². The number of aliphatic carboxylic acids is 1. The topological polar surface area (TPSA) is 104 Å². The number of rotatable bonds is 4.